The first-order valence-corrected chi connectivity index (χ1v) is 7.11. The number of benzene rings is 1. The van der Waals surface area contributed by atoms with Crippen LogP contribution in [0.15, 0.2) is 46.1 Å². The number of carbonyl (C=O) groups is 1. The molecule has 0 saturated carbocycles. The van der Waals surface area contributed by atoms with Crippen LogP contribution >= 0.6 is 15.9 Å². The number of pyridine rings is 1. The van der Waals surface area contributed by atoms with E-state index in [1.54, 1.807) is 50.7 Å². The predicted octanol–water partition coefficient (Wildman–Crippen LogP) is 2.63. The highest BCUT2D eigenvalue weighted by molar-refractivity contribution is 9.10. The summed E-state index contributed by atoms with van der Waals surface area (Å²) in [5.74, 6) is 0.792. The predicted molar refractivity (Wildman–Crippen MR) is 86.5 cm³/mol. The molecule has 0 radical (unpaired) electrons. The van der Waals surface area contributed by atoms with Gasteiger partial charge in [-0.1, -0.05) is 6.07 Å². The molecular weight excluding hydrogens is 350 g/mol. The number of ether oxygens (including phenoxy) is 2. The zero-order valence-corrected chi connectivity index (χ0v) is 13.6. The number of amides is 1. The molecule has 2 aromatic rings. The molecule has 1 N–H and O–H groups in total. The Morgan fingerprint density at radius 3 is 2.64 bits per heavy atom. The van der Waals surface area contributed by atoms with E-state index in [1.165, 1.54) is 6.21 Å². The number of rotatable bonds is 5. The van der Waals surface area contributed by atoms with Gasteiger partial charge >= 0.3 is 0 Å². The SMILES string of the molecule is COc1cc(Br)c(/C=N/NC(=O)c2ccccn2)cc1OC. The lowest BCUT2D eigenvalue weighted by Crippen LogP contribution is -2.18. The number of hydrogen-bond acceptors (Lipinski definition) is 5. The van der Waals surface area contributed by atoms with Crippen molar-refractivity contribution in [1.82, 2.24) is 10.4 Å². The van der Waals surface area contributed by atoms with Crippen molar-refractivity contribution in [3.05, 3.63) is 52.3 Å². The molecule has 1 aromatic carbocycles. The van der Waals surface area contributed by atoms with Gasteiger partial charge in [-0.2, -0.15) is 5.10 Å². The fourth-order valence-electron chi connectivity index (χ4n) is 1.68. The smallest absolute Gasteiger partial charge is 0.289 e. The molecule has 1 heterocycles. The van der Waals surface area contributed by atoms with Crippen LogP contribution in [0.3, 0.4) is 0 Å². The Kier molecular flexibility index (Phi) is 5.48. The second kappa shape index (κ2) is 7.56. The number of halogens is 1. The van der Waals surface area contributed by atoms with E-state index < -0.39 is 0 Å². The van der Waals surface area contributed by atoms with Gasteiger partial charge in [0.15, 0.2) is 11.5 Å². The topological polar surface area (TPSA) is 72.8 Å². The molecule has 0 aliphatic heterocycles. The maximum atomic E-state index is 11.8. The second-order valence-electron chi connectivity index (χ2n) is 4.14. The lowest BCUT2D eigenvalue weighted by molar-refractivity contribution is 0.0950. The number of methoxy groups -OCH3 is 2. The van der Waals surface area contributed by atoms with Gasteiger partial charge < -0.3 is 9.47 Å². The molecule has 0 atom stereocenters. The van der Waals surface area contributed by atoms with Crippen LogP contribution in [-0.2, 0) is 0 Å². The Morgan fingerprint density at radius 1 is 1.27 bits per heavy atom. The standard InChI is InChI=1S/C15H14BrN3O3/c1-21-13-7-10(11(16)8-14(13)22-2)9-18-19-15(20)12-5-3-4-6-17-12/h3-9H,1-2H3,(H,19,20)/b18-9+. The number of nitrogens with zero attached hydrogens (tertiary/aromatic N) is 2. The van der Waals surface area contributed by atoms with Crippen molar-refractivity contribution in [3.8, 4) is 11.5 Å². The Morgan fingerprint density at radius 2 is 2.00 bits per heavy atom. The van der Waals surface area contributed by atoms with Crippen LogP contribution in [0.2, 0.25) is 0 Å². The summed E-state index contributed by atoms with van der Waals surface area (Å²) in [6, 6.07) is 8.59. The minimum absolute atomic E-state index is 0.297. The van der Waals surface area contributed by atoms with Gasteiger partial charge in [0.05, 0.1) is 20.4 Å². The Bertz CT molecular complexity index is 690. The van der Waals surface area contributed by atoms with Crippen molar-refractivity contribution in [3.63, 3.8) is 0 Å². The maximum absolute atomic E-state index is 11.8. The van der Waals surface area contributed by atoms with Crippen LogP contribution in [-0.4, -0.2) is 31.3 Å². The molecule has 0 aliphatic carbocycles. The molecule has 2 rings (SSSR count). The Hall–Kier alpha value is -2.41. The number of hydrazone groups is 1. The summed E-state index contributed by atoms with van der Waals surface area (Å²) in [5, 5.41) is 3.92. The Balaban J connectivity index is 2.12. The molecule has 0 unspecified atom stereocenters. The van der Waals surface area contributed by atoms with E-state index in [1.807, 2.05) is 0 Å². The normalized spacial score (nSPS) is 10.5. The third-order valence-electron chi connectivity index (χ3n) is 2.77. The van der Waals surface area contributed by atoms with Gasteiger partial charge in [0.1, 0.15) is 5.69 Å². The minimum Gasteiger partial charge on any atom is -0.493 e. The van der Waals surface area contributed by atoms with E-state index in [-0.39, 0.29) is 5.91 Å². The van der Waals surface area contributed by atoms with Crippen LogP contribution in [0.4, 0.5) is 0 Å². The third kappa shape index (κ3) is 3.82. The largest absolute Gasteiger partial charge is 0.493 e. The molecule has 0 bridgehead atoms. The van der Waals surface area contributed by atoms with Crippen molar-refractivity contribution >= 4 is 28.1 Å². The Labute approximate surface area is 136 Å². The molecule has 1 amide bonds. The molecule has 0 saturated heterocycles. The van der Waals surface area contributed by atoms with E-state index in [4.69, 9.17) is 9.47 Å². The number of carbonyl (C=O) groups excluding carboxylic acids is 1. The van der Waals surface area contributed by atoms with E-state index in [0.717, 1.165) is 10.0 Å². The monoisotopic (exact) mass is 363 g/mol. The first-order valence-electron chi connectivity index (χ1n) is 6.31. The first kappa shape index (κ1) is 16.0. The van der Waals surface area contributed by atoms with Crippen molar-refractivity contribution in [2.45, 2.75) is 0 Å². The van der Waals surface area contributed by atoms with Gasteiger partial charge in [-0.15, -0.1) is 0 Å². The first-order chi connectivity index (χ1) is 10.7. The molecule has 1 aromatic heterocycles. The molecule has 7 heteroatoms. The van der Waals surface area contributed by atoms with Gasteiger partial charge in [0.2, 0.25) is 0 Å². The minimum atomic E-state index is -0.381. The second-order valence-corrected chi connectivity index (χ2v) is 5.00. The zero-order chi connectivity index (χ0) is 15.9. The lowest BCUT2D eigenvalue weighted by Gasteiger charge is -2.09. The van der Waals surface area contributed by atoms with Crippen LogP contribution < -0.4 is 14.9 Å². The van der Waals surface area contributed by atoms with Crippen molar-refractivity contribution in [2.24, 2.45) is 5.10 Å². The quantitative estimate of drug-likeness (QED) is 0.654. The fourth-order valence-corrected chi connectivity index (χ4v) is 2.11. The van der Waals surface area contributed by atoms with Gasteiger partial charge in [0.25, 0.3) is 5.91 Å². The summed E-state index contributed by atoms with van der Waals surface area (Å²) in [5.41, 5.74) is 3.45. The van der Waals surface area contributed by atoms with E-state index in [2.05, 4.69) is 31.4 Å². The average Bonchev–Trinajstić information content (AvgIpc) is 2.56. The molecular formula is C15H14BrN3O3. The van der Waals surface area contributed by atoms with E-state index >= 15 is 0 Å². The average molecular weight is 364 g/mol. The maximum Gasteiger partial charge on any atom is 0.289 e. The molecule has 0 fully saturated rings. The summed E-state index contributed by atoms with van der Waals surface area (Å²) in [7, 11) is 3.11. The molecule has 6 nitrogen and oxygen atoms in total. The van der Waals surface area contributed by atoms with Crippen LogP contribution in [0.25, 0.3) is 0 Å². The summed E-state index contributed by atoms with van der Waals surface area (Å²) in [4.78, 5) is 15.7. The van der Waals surface area contributed by atoms with E-state index in [9.17, 15) is 4.79 Å². The van der Waals surface area contributed by atoms with Crippen molar-refractivity contribution in [2.75, 3.05) is 14.2 Å². The molecule has 0 aliphatic rings. The number of hydrogen-bond donors (Lipinski definition) is 1. The van der Waals surface area contributed by atoms with Crippen LogP contribution in [0.1, 0.15) is 16.1 Å². The number of nitrogens with one attached hydrogen (secondary N) is 1. The highest BCUT2D eigenvalue weighted by Crippen LogP contribution is 2.32. The molecule has 114 valence electrons. The molecule has 22 heavy (non-hydrogen) atoms. The summed E-state index contributed by atoms with van der Waals surface area (Å²) < 4.78 is 11.2. The van der Waals surface area contributed by atoms with Crippen LogP contribution in [0.5, 0.6) is 11.5 Å². The van der Waals surface area contributed by atoms with Gasteiger partial charge in [0, 0.05) is 16.2 Å². The van der Waals surface area contributed by atoms with Crippen LogP contribution in [0, 0.1) is 0 Å². The highest BCUT2D eigenvalue weighted by Gasteiger charge is 2.08. The fraction of sp³-hybridized carbons (Fsp3) is 0.133. The number of aromatic nitrogens is 1. The van der Waals surface area contributed by atoms with Gasteiger partial charge in [-0.05, 0) is 40.2 Å². The summed E-state index contributed by atoms with van der Waals surface area (Å²) in [6.07, 6.45) is 3.05. The third-order valence-corrected chi connectivity index (χ3v) is 3.46. The zero-order valence-electron chi connectivity index (χ0n) is 12.0. The van der Waals surface area contributed by atoms with Gasteiger partial charge in [-0.25, -0.2) is 5.43 Å². The summed E-state index contributed by atoms with van der Waals surface area (Å²) in [6.45, 7) is 0. The highest BCUT2D eigenvalue weighted by atomic mass is 79.9. The van der Waals surface area contributed by atoms with Crippen molar-refractivity contribution in [1.29, 1.82) is 0 Å². The summed E-state index contributed by atoms with van der Waals surface area (Å²) >= 11 is 3.41. The lowest BCUT2D eigenvalue weighted by atomic mass is 10.2. The van der Waals surface area contributed by atoms with E-state index in [0.29, 0.717) is 17.2 Å². The van der Waals surface area contributed by atoms with Crippen molar-refractivity contribution < 1.29 is 14.3 Å². The molecule has 0 spiro atoms. The van der Waals surface area contributed by atoms with Gasteiger partial charge in [-0.3, -0.25) is 9.78 Å².